The molecule has 0 saturated heterocycles. The Hall–Kier alpha value is -3.53. The lowest BCUT2D eigenvalue weighted by Gasteiger charge is -2.16. The monoisotopic (exact) mass is 479 g/mol. The molecule has 0 bridgehead atoms. The SMILES string of the molecule is CCc1nc2cc(C)c(Oc3ccc(OC(F)(F)F)cc3)cc2c(OC(=O)OCCOC)c1C. The molecule has 3 aromatic rings. The van der Waals surface area contributed by atoms with Gasteiger partial charge in [0, 0.05) is 23.8 Å². The summed E-state index contributed by atoms with van der Waals surface area (Å²) in [6, 6.07) is 8.49. The summed E-state index contributed by atoms with van der Waals surface area (Å²) in [6.07, 6.45) is -5.03. The van der Waals surface area contributed by atoms with Crippen LogP contribution in [0.3, 0.4) is 0 Å². The van der Waals surface area contributed by atoms with Crippen LogP contribution in [0.2, 0.25) is 0 Å². The van der Waals surface area contributed by atoms with Crippen LogP contribution in [-0.4, -0.2) is 37.8 Å². The summed E-state index contributed by atoms with van der Waals surface area (Å²) in [5.74, 6) is 0.654. The Morgan fingerprint density at radius 3 is 2.32 bits per heavy atom. The first kappa shape index (κ1) is 25.1. The topological polar surface area (TPSA) is 76.1 Å². The number of hydrogen-bond donors (Lipinski definition) is 0. The Bertz CT molecular complexity index is 1160. The fourth-order valence-electron chi connectivity index (χ4n) is 3.25. The maximum absolute atomic E-state index is 12.4. The molecule has 34 heavy (non-hydrogen) atoms. The van der Waals surface area contributed by atoms with Crippen molar-refractivity contribution in [3.05, 3.63) is 53.2 Å². The van der Waals surface area contributed by atoms with Gasteiger partial charge in [0.15, 0.2) is 0 Å². The fraction of sp³-hybridized carbons (Fsp3) is 0.333. The van der Waals surface area contributed by atoms with Crippen molar-refractivity contribution in [3.63, 3.8) is 0 Å². The molecule has 0 N–H and O–H groups in total. The summed E-state index contributed by atoms with van der Waals surface area (Å²) < 4.78 is 62.3. The van der Waals surface area contributed by atoms with Crippen molar-refractivity contribution in [2.75, 3.05) is 20.3 Å². The minimum atomic E-state index is -4.78. The number of methoxy groups -OCH3 is 1. The summed E-state index contributed by atoms with van der Waals surface area (Å²) in [4.78, 5) is 16.9. The molecule has 3 rings (SSSR count). The highest BCUT2D eigenvalue weighted by Crippen LogP contribution is 2.37. The number of carbonyl (C=O) groups is 1. The molecule has 0 aliphatic rings. The molecule has 0 spiro atoms. The molecule has 7 nitrogen and oxygen atoms in total. The lowest BCUT2D eigenvalue weighted by Crippen LogP contribution is -2.16. The van der Waals surface area contributed by atoms with Gasteiger partial charge in [-0.05, 0) is 62.2 Å². The second-order valence-corrected chi connectivity index (χ2v) is 7.32. The number of hydrogen-bond acceptors (Lipinski definition) is 7. The molecule has 0 unspecified atom stereocenters. The van der Waals surface area contributed by atoms with Crippen molar-refractivity contribution < 1.29 is 41.7 Å². The van der Waals surface area contributed by atoms with Gasteiger partial charge >= 0.3 is 12.5 Å². The standard InChI is InChI=1S/C24H24F3NO6/c1-5-19-15(3)22(33-23(29)31-11-10-30-4)18-13-21(14(2)12-20(18)28-19)32-16-6-8-17(9-7-16)34-24(25,26)27/h6-9,12-13H,5,10-11H2,1-4H3. The van der Waals surface area contributed by atoms with Crippen molar-refractivity contribution in [1.82, 2.24) is 4.98 Å². The first-order valence-electron chi connectivity index (χ1n) is 10.4. The molecule has 0 saturated carbocycles. The van der Waals surface area contributed by atoms with Crippen molar-refractivity contribution in [2.45, 2.75) is 33.6 Å². The largest absolute Gasteiger partial charge is 0.573 e. The van der Waals surface area contributed by atoms with E-state index in [-0.39, 0.29) is 19.0 Å². The van der Waals surface area contributed by atoms with E-state index < -0.39 is 12.5 Å². The number of carbonyl (C=O) groups excluding carboxylic acids is 1. The van der Waals surface area contributed by atoms with Gasteiger partial charge in [-0.3, -0.25) is 4.98 Å². The number of aryl methyl sites for hydroxylation is 2. The predicted molar refractivity (Wildman–Crippen MR) is 118 cm³/mol. The van der Waals surface area contributed by atoms with Crippen LogP contribution in [0.5, 0.6) is 23.0 Å². The zero-order valence-corrected chi connectivity index (χ0v) is 19.1. The molecule has 0 radical (unpaired) electrons. The molecule has 0 atom stereocenters. The molecule has 0 fully saturated rings. The van der Waals surface area contributed by atoms with Crippen LogP contribution in [0.15, 0.2) is 36.4 Å². The zero-order valence-electron chi connectivity index (χ0n) is 19.1. The number of alkyl halides is 3. The summed E-state index contributed by atoms with van der Waals surface area (Å²) in [5.41, 5.74) is 2.78. The van der Waals surface area contributed by atoms with Crippen molar-refractivity contribution in [1.29, 1.82) is 0 Å². The minimum absolute atomic E-state index is 0.0412. The van der Waals surface area contributed by atoms with Gasteiger partial charge < -0.3 is 23.7 Å². The zero-order chi connectivity index (χ0) is 24.9. The third kappa shape index (κ3) is 6.28. The number of aromatic nitrogens is 1. The Morgan fingerprint density at radius 1 is 1.03 bits per heavy atom. The van der Waals surface area contributed by atoms with Gasteiger partial charge in [-0.2, -0.15) is 0 Å². The van der Waals surface area contributed by atoms with Crippen LogP contribution in [0, 0.1) is 13.8 Å². The van der Waals surface area contributed by atoms with Gasteiger partial charge in [0.2, 0.25) is 0 Å². The molecule has 0 aliphatic heterocycles. The maximum atomic E-state index is 12.4. The van der Waals surface area contributed by atoms with Gasteiger partial charge in [0.05, 0.1) is 12.1 Å². The predicted octanol–water partition coefficient (Wildman–Crippen LogP) is 6.27. The average Bonchev–Trinajstić information content (AvgIpc) is 2.77. The first-order valence-corrected chi connectivity index (χ1v) is 10.4. The van der Waals surface area contributed by atoms with Gasteiger partial charge in [-0.1, -0.05) is 6.92 Å². The number of fused-ring (bicyclic) bond motifs is 1. The summed E-state index contributed by atoms with van der Waals surface area (Å²) >= 11 is 0. The van der Waals surface area contributed by atoms with Crippen LogP contribution in [0.1, 0.15) is 23.7 Å². The molecular formula is C24H24F3NO6. The third-order valence-electron chi connectivity index (χ3n) is 4.88. The number of pyridine rings is 1. The number of rotatable bonds is 8. The first-order chi connectivity index (χ1) is 16.1. The third-order valence-corrected chi connectivity index (χ3v) is 4.88. The van der Waals surface area contributed by atoms with Gasteiger partial charge in [-0.25, -0.2) is 4.79 Å². The summed E-state index contributed by atoms with van der Waals surface area (Å²) in [6.45, 7) is 5.82. The smallest absolute Gasteiger partial charge is 0.457 e. The van der Waals surface area contributed by atoms with Gasteiger partial charge in [0.1, 0.15) is 29.6 Å². The minimum Gasteiger partial charge on any atom is -0.457 e. The molecule has 2 aromatic carbocycles. The van der Waals surface area contributed by atoms with E-state index in [1.165, 1.54) is 19.2 Å². The van der Waals surface area contributed by atoms with Crippen LogP contribution in [0.4, 0.5) is 18.0 Å². The molecule has 0 amide bonds. The van der Waals surface area contributed by atoms with E-state index in [0.29, 0.717) is 40.1 Å². The van der Waals surface area contributed by atoms with E-state index in [9.17, 15) is 18.0 Å². The van der Waals surface area contributed by atoms with Crippen LogP contribution in [0.25, 0.3) is 10.9 Å². The lowest BCUT2D eigenvalue weighted by atomic mass is 10.0. The van der Waals surface area contributed by atoms with Crippen molar-refractivity contribution in [3.8, 4) is 23.0 Å². The van der Waals surface area contributed by atoms with E-state index in [1.807, 2.05) is 13.8 Å². The van der Waals surface area contributed by atoms with Crippen LogP contribution in [-0.2, 0) is 15.9 Å². The highest BCUT2D eigenvalue weighted by atomic mass is 19.4. The second kappa shape index (κ2) is 10.6. The average molecular weight is 479 g/mol. The van der Waals surface area contributed by atoms with E-state index in [1.54, 1.807) is 19.1 Å². The molecule has 0 aliphatic carbocycles. The van der Waals surface area contributed by atoms with E-state index in [0.717, 1.165) is 23.4 Å². The molecule has 1 heterocycles. The number of ether oxygens (including phenoxy) is 5. The van der Waals surface area contributed by atoms with Crippen LogP contribution >= 0.6 is 0 Å². The van der Waals surface area contributed by atoms with Gasteiger partial charge in [-0.15, -0.1) is 13.2 Å². The van der Waals surface area contributed by atoms with E-state index in [4.69, 9.17) is 18.9 Å². The lowest BCUT2D eigenvalue weighted by molar-refractivity contribution is -0.274. The van der Waals surface area contributed by atoms with Crippen molar-refractivity contribution >= 4 is 17.1 Å². The highest BCUT2D eigenvalue weighted by Gasteiger charge is 2.31. The van der Waals surface area contributed by atoms with E-state index >= 15 is 0 Å². The number of halogens is 3. The maximum Gasteiger partial charge on any atom is 0.573 e. The molecule has 10 heteroatoms. The quantitative estimate of drug-likeness (QED) is 0.279. The Balaban J connectivity index is 1.94. The molecule has 1 aromatic heterocycles. The van der Waals surface area contributed by atoms with Crippen LogP contribution < -0.4 is 14.2 Å². The normalized spacial score (nSPS) is 11.4. The number of benzene rings is 2. The molecule has 182 valence electrons. The van der Waals surface area contributed by atoms with E-state index in [2.05, 4.69) is 9.72 Å². The second-order valence-electron chi connectivity index (χ2n) is 7.32. The molecular weight excluding hydrogens is 455 g/mol. The number of nitrogens with zero attached hydrogens (tertiary/aromatic N) is 1. The fourth-order valence-corrected chi connectivity index (χ4v) is 3.25. The summed E-state index contributed by atoms with van der Waals surface area (Å²) in [5, 5.41) is 0.524. The Labute approximate surface area is 194 Å². The Kier molecular flexibility index (Phi) is 7.83. The Morgan fingerprint density at radius 2 is 1.71 bits per heavy atom. The highest BCUT2D eigenvalue weighted by molar-refractivity contribution is 5.90. The van der Waals surface area contributed by atoms with Gasteiger partial charge in [0.25, 0.3) is 0 Å². The summed E-state index contributed by atoms with van der Waals surface area (Å²) in [7, 11) is 1.49. The van der Waals surface area contributed by atoms with Crippen molar-refractivity contribution in [2.24, 2.45) is 0 Å².